The molecule has 4 nitrogen and oxygen atoms in total. The highest BCUT2D eigenvalue weighted by Crippen LogP contribution is 2.17. The van der Waals surface area contributed by atoms with Crippen LogP contribution >= 0.6 is 0 Å². The lowest BCUT2D eigenvalue weighted by Crippen LogP contribution is -2.34. The van der Waals surface area contributed by atoms with Gasteiger partial charge in [-0.3, -0.25) is 4.79 Å². The van der Waals surface area contributed by atoms with E-state index >= 15 is 0 Å². The van der Waals surface area contributed by atoms with Crippen LogP contribution in [0.1, 0.15) is 40.2 Å². The Bertz CT molecular complexity index is 566. The van der Waals surface area contributed by atoms with E-state index in [0.29, 0.717) is 11.4 Å². The van der Waals surface area contributed by atoms with E-state index in [1.165, 1.54) is 0 Å². The highest BCUT2D eigenvalue weighted by atomic mass is 32.2. The fourth-order valence-electron chi connectivity index (χ4n) is 1.52. The topological polar surface area (TPSA) is 63.2 Å². The molecule has 0 aromatic heterocycles. The van der Waals surface area contributed by atoms with E-state index in [0.717, 1.165) is 5.56 Å². The maximum Gasteiger partial charge on any atom is 0.225 e. The average Bonchev–Trinajstić information content (AvgIpc) is 2.35. The minimum Gasteiger partial charge on any atom is -0.352 e. The van der Waals surface area contributed by atoms with E-state index < -0.39 is 20.5 Å². The fraction of sp³-hybridized carbons (Fsp3) is 0.533. The fourth-order valence-corrected chi connectivity index (χ4v) is 2.58. The minimum atomic E-state index is -3.24. The van der Waals surface area contributed by atoms with Crippen LogP contribution in [-0.4, -0.2) is 19.6 Å². The number of amides is 1. The molecule has 0 radical (unpaired) electrons. The number of carbonyl (C=O) groups excluding carboxylic acids is 1. The van der Waals surface area contributed by atoms with Gasteiger partial charge in [-0.15, -0.1) is 0 Å². The molecular formula is C15H23NO3S. The van der Waals surface area contributed by atoms with Gasteiger partial charge in [-0.05, 0) is 31.5 Å². The second-order valence-electron chi connectivity index (χ2n) is 6.17. The molecule has 0 heterocycles. The summed E-state index contributed by atoms with van der Waals surface area (Å²) in [6.45, 7) is 9.26. The van der Waals surface area contributed by atoms with Gasteiger partial charge in [-0.2, -0.15) is 0 Å². The summed E-state index contributed by atoms with van der Waals surface area (Å²) >= 11 is 0. The van der Waals surface area contributed by atoms with Crippen LogP contribution in [0.2, 0.25) is 0 Å². The molecular weight excluding hydrogens is 274 g/mol. The Morgan fingerprint density at radius 1 is 1.15 bits per heavy atom. The third-order valence-electron chi connectivity index (χ3n) is 3.01. The van der Waals surface area contributed by atoms with Gasteiger partial charge in [0.1, 0.15) is 0 Å². The van der Waals surface area contributed by atoms with Crippen LogP contribution in [0.15, 0.2) is 29.2 Å². The molecule has 112 valence electrons. The smallest absolute Gasteiger partial charge is 0.225 e. The van der Waals surface area contributed by atoms with E-state index in [9.17, 15) is 13.2 Å². The molecule has 1 aromatic rings. The molecule has 0 fully saturated rings. The van der Waals surface area contributed by atoms with E-state index in [1.54, 1.807) is 38.1 Å². The molecule has 0 saturated carbocycles. The van der Waals surface area contributed by atoms with Crippen molar-refractivity contribution >= 4 is 15.7 Å². The van der Waals surface area contributed by atoms with E-state index in [2.05, 4.69) is 5.32 Å². The Morgan fingerprint density at radius 2 is 1.65 bits per heavy atom. The first-order chi connectivity index (χ1) is 9.05. The molecule has 1 rings (SSSR count). The first-order valence-electron chi connectivity index (χ1n) is 6.66. The van der Waals surface area contributed by atoms with Crippen molar-refractivity contribution in [2.45, 2.75) is 51.3 Å². The second-order valence-corrected chi connectivity index (χ2v) is 8.67. The number of rotatable bonds is 4. The molecule has 0 spiro atoms. The second kappa shape index (κ2) is 5.95. The molecule has 5 heteroatoms. The summed E-state index contributed by atoms with van der Waals surface area (Å²) < 4.78 is 23.9. The summed E-state index contributed by atoms with van der Waals surface area (Å²) in [4.78, 5) is 12.1. The molecule has 0 unspecified atom stereocenters. The lowest BCUT2D eigenvalue weighted by molar-refractivity contribution is -0.128. The van der Waals surface area contributed by atoms with Gasteiger partial charge in [0.2, 0.25) is 5.91 Å². The largest absolute Gasteiger partial charge is 0.352 e. The van der Waals surface area contributed by atoms with E-state index in [-0.39, 0.29) is 5.91 Å². The summed E-state index contributed by atoms with van der Waals surface area (Å²) in [6.07, 6.45) is 0. The lowest BCUT2D eigenvalue weighted by atomic mass is 9.95. The minimum absolute atomic E-state index is 0.0311. The van der Waals surface area contributed by atoms with Crippen molar-refractivity contribution < 1.29 is 13.2 Å². The zero-order valence-electron chi connectivity index (χ0n) is 12.7. The average molecular weight is 297 g/mol. The van der Waals surface area contributed by atoms with Crippen molar-refractivity contribution in [3.05, 3.63) is 29.8 Å². The number of carbonyl (C=O) groups is 1. The molecule has 1 aromatic carbocycles. The van der Waals surface area contributed by atoms with Crippen LogP contribution in [-0.2, 0) is 21.2 Å². The van der Waals surface area contributed by atoms with Gasteiger partial charge in [-0.25, -0.2) is 8.42 Å². The van der Waals surface area contributed by atoms with E-state index in [1.807, 2.05) is 20.8 Å². The van der Waals surface area contributed by atoms with Gasteiger partial charge >= 0.3 is 0 Å². The predicted octanol–water partition coefficient (Wildman–Crippen LogP) is 2.53. The van der Waals surface area contributed by atoms with Crippen molar-refractivity contribution in [2.75, 3.05) is 0 Å². The van der Waals surface area contributed by atoms with Crippen molar-refractivity contribution in [2.24, 2.45) is 5.41 Å². The standard InChI is InChI=1S/C15H23NO3S/c1-11(2)20(18,19)13-8-6-12(7-9-13)10-16-14(17)15(3,4)5/h6-9,11H,10H2,1-5H3,(H,16,17). The summed E-state index contributed by atoms with van der Waals surface area (Å²) in [5.41, 5.74) is 0.450. The monoisotopic (exact) mass is 297 g/mol. The first-order valence-corrected chi connectivity index (χ1v) is 8.21. The van der Waals surface area contributed by atoms with Crippen LogP contribution in [0, 0.1) is 5.41 Å². The normalized spacial score (nSPS) is 12.5. The van der Waals surface area contributed by atoms with Crippen molar-refractivity contribution in [3.63, 3.8) is 0 Å². The number of hydrogen-bond donors (Lipinski definition) is 1. The number of hydrogen-bond acceptors (Lipinski definition) is 3. The molecule has 0 bridgehead atoms. The third-order valence-corrected chi connectivity index (χ3v) is 5.18. The van der Waals surface area contributed by atoms with Crippen LogP contribution in [0.3, 0.4) is 0 Å². The Kier molecular flexibility index (Phi) is 4.97. The molecule has 1 amide bonds. The number of benzene rings is 1. The zero-order valence-corrected chi connectivity index (χ0v) is 13.5. The number of nitrogens with one attached hydrogen (secondary N) is 1. The van der Waals surface area contributed by atoms with Gasteiger partial charge in [0.15, 0.2) is 9.84 Å². The van der Waals surface area contributed by atoms with Crippen LogP contribution in [0.25, 0.3) is 0 Å². The summed E-state index contributed by atoms with van der Waals surface area (Å²) in [5, 5.41) is 2.40. The Hall–Kier alpha value is -1.36. The quantitative estimate of drug-likeness (QED) is 0.929. The SMILES string of the molecule is CC(C)S(=O)(=O)c1ccc(CNC(=O)C(C)(C)C)cc1. The molecule has 0 aliphatic carbocycles. The first kappa shape index (κ1) is 16.7. The zero-order chi connectivity index (χ0) is 15.6. The lowest BCUT2D eigenvalue weighted by Gasteiger charge is -2.17. The van der Waals surface area contributed by atoms with Crippen molar-refractivity contribution in [1.29, 1.82) is 0 Å². The van der Waals surface area contributed by atoms with Gasteiger partial charge in [-0.1, -0.05) is 32.9 Å². The van der Waals surface area contributed by atoms with Crippen molar-refractivity contribution in [3.8, 4) is 0 Å². The molecule has 0 aliphatic rings. The molecule has 0 atom stereocenters. The summed E-state index contributed by atoms with van der Waals surface area (Å²) in [6, 6.07) is 6.65. The van der Waals surface area contributed by atoms with E-state index in [4.69, 9.17) is 0 Å². The maximum absolute atomic E-state index is 12.0. The van der Waals surface area contributed by atoms with Crippen LogP contribution in [0.5, 0.6) is 0 Å². The highest BCUT2D eigenvalue weighted by Gasteiger charge is 2.21. The Morgan fingerprint density at radius 3 is 2.05 bits per heavy atom. The highest BCUT2D eigenvalue weighted by molar-refractivity contribution is 7.92. The predicted molar refractivity (Wildman–Crippen MR) is 80.1 cm³/mol. The van der Waals surface area contributed by atoms with Gasteiger partial charge in [0.05, 0.1) is 10.1 Å². The van der Waals surface area contributed by atoms with Crippen LogP contribution < -0.4 is 5.32 Å². The van der Waals surface area contributed by atoms with Crippen molar-refractivity contribution in [1.82, 2.24) is 5.32 Å². The molecule has 0 saturated heterocycles. The Labute approximate surface area is 121 Å². The van der Waals surface area contributed by atoms with Crippen LogP contribution in [0.4, 0.5) is 0 Å². The van der Waals surface area contributed by atoms with Gasteiger partial charge < -0.3 is 5.32 Å². The molecule has 20 heavy (non-hydrogen) atoms. The Balaban J connectivity index is 2.76. The van der Waals surface area contributed by atoms with Gasteiger partial charge in [0, 0.05) is 12.0 Å². The molecule has 1 N–H and O–H groups in total. The third kappa shape index (κ3) is 4.07. The summed E-state index contributed by atoms with van der Waals surface area (Å²) in [7, 11) is -3.24. The van der Waals surface area contributed by atoms with Gasteiger partial charge in [0.25, 0.3) is 0 Å². The summed E-state index contributed by atoms with van der Waals surface area (Å²) in [5.74, 6) is -0.0311. The molecule has 0 aliphatic heterocycles. The maximum atomic E-state index is 12.0. The number of sulfone groups is 1.